The predicted molar refractivity (Wildman–Crippen MR) is 109 cm³/mol. The van der Waals surface area contributed by atoms with Crippen LogP contribution >= 0.6 is 44.3 Å². The minimum absolute atomic E-state index is 0. The fourth-order valence-electron chi connectivity index (χ4n) is 2.15. The van der Waals surface area contributed by atoms with Crippen molar-refractivity contribution in [1.29, 1.82) is 0 Å². The molecule has 1 aromatic heterocycles. The number of rotatable bonds is 3. The van der Waals surface area contributed by atoms with Crippen molar-refractivity contribution in [3.8, 4) is 11.1 Å². The number of hydrogen-bond acceptors (Lipinski definition) is 4. The summed E-state index contributed by atoms with van der Waals surface area (Å²) >= 11 is 6.76. The molecule has 0 atom stereocenters. The van der Waals surface area contributed by atoms with Gasteiger partial charge in [0.15, 0.2) is 0 Å². The summed E-state index contributed by atoms with van der Waals surface area (Å²) in [5.41, 5.74) is 8.46. The van der Waals surface area contributed by atoms with Gasteiger partial charge in [0, 0.05) is 38.2 Å². The Morgan fingerprint density at radius 3 is 2.24 bits per heavy atom. The number of hydrogen-bond donors (Lipinski definition) is 2. The quantitative estimate of drug-likeness (QED) is 0.553. The Labute approximate surface area is 167 Å². The maximum Gasteiger partial charge on any atom is 0.255 e. The van der Waals surface area contributed by atoms with Gasteiger partial charge < -0.3 is 11.1 Å². The Kier molecular flexibility index (Phi) is 6.52. The summed E-state index contributed by atoms with van der Waals surface area (Å²) < 4.78 is 1.66. The van der Waals surface area contributed by atoms with Gasteiger partial charge in [-0.05, 0) is 35.9 Å². The second-order valence-electron chi connectivity index (χ2n) is 5.02. The molecule has 5 nitrogen and oxygen atoms in total. The van der Waals surface area contributed by atoms with Gasteiger partial charge in [-0.15, -0.1) is 12.4 Å². The van der Waals surface area contributed by atoms with Crippen LogP contribution in [0, 0.1) is 0 Å². The lowest BCUT2D eigenvalue weighted by Crippen LogP contribution is -2.11. The van der Waals surface area contributed by atoms with Gasteiger partial charge in [-0.2, -0.15) is 0 Å². The summed E-state index contributed by atoms with van der Waals surface area (Å²) in [5.74, 6) is 0.0335. The molecule has 2 aromatic carbocycles. The first kappa shape index (κ1) is 19.4. The Morgan fingerprint density at radius 2 is 1.60 bits per heavy atom. The van der Waals surface area contributed by atoms with Gasteiger partial charge in [-0.3, -0.25) is 4.79 Å². The lowest BCUT2D eigenvalue weighted by Gasteiger charge is -2.08. The van der Waals surface area contributed by atoms with E-state index in [-0.39, 0.29) is 24.3 Å². The summed E-state index contributed by atoms with van der Waals surface area (Å²) in [5, 5.41) is 2.89. The van der Waals surface area contributed by atoms with Crippen LogP contribution in [-0.2, 0) is 0 Å². The fourth-order valence-corrected chi connectivity index (χ4v) is 3.45. The zero-order valence-electron chi connectivity index (χ0n) is 12.7. The molecule has 0 aliphatic rings. The number of nitrogen functional groups attached to an aromatic ring is 1. The summed E-state index contributed by atoms with van der Waals surface area (Å²) in [4.78, 5) is 20.4. The highest BCUT2D eigenvalue weighted by molar-refractivity contribution is 9.11. The molecule has 3 N–H and O–H groups in total. The van der Waals surface area contributed by atoms with Crippen LogP contribution < -0.4 is 11.1 Å². The number of amides is 1. The fraction of sp³-hybridized carbons (Fsp3) is 0. The highest BCUT2D eigenvalue weighted by Crippen LogP contribution is 2.24. The van der Waals surface area contributed by atoms with Crippen LogP contribution in [0.2, 0.25) is 0 Å². The van der Waals surface area contributed by atoms with E-state index in [4.69, 9.17) is 5.73 Å². The van der Waals surface area contributed by atoms with Crippen molar-refractivity contribution < 1.29 is 4.79 Å². The number of anilines is 2. The third-order valence-electron chi connectivity index (χ3n) is 3.25. The number of carbonyl (C=O) groups is 1. The number of nitrogens with one attached hydrogen (secondary N) is 1. The molecule has 0 aliphatic heterocycles. The maximum absolute atomic E-state index is 12.4. The van der Waals surface area contributed by atoms with Gasteiger partial charge in [0.25, 0.3) is 5.91 Å². The van der Waals surface area contributed by atoms with E-state index in [0.717, 1.165) is 20.1 Å². The molecule has 128 valence electrons. The van der Waals surface area contributed by atoms with Gasteiger partial charge >= 0.3 is 0 Å². The van der Waals surface area contributed by atoms with E-state index in [2.05, 4.69) is 47.1 Å². The van der Waals surface area contributed by atoms with E-state index < -0.39 is 0 Å². The third kappa shape index (κ3) is 5.01. The molecule has 0 spiro atoms. The number of nitrogens with zero attached hydrogens (tertiary/aromatic N) is 2. The average Bonchev–Trinajstić information content (AvgIpc) is 2.55. The Bertz CT molecular complexity index is 883. The molecule has 25 heavy (non-hydrogen) atoms. The van der Waals surface area contributed by atoms with Crippen molar-refractivity contribution in [2.24, 2.45) is 0 Å². The van der Waals surface area contributed by atoms with Crippen LogP contribution in [0.3, 0.4) is 0 Å². The number of carbonyl (C=O) groups excluding carboxylic acids is 1. The molecule has 3 aromatic rings. The van der Waals surface area contributed by atoms with Gasteiger partial charge in [0.05, 0.1) is 0 Å². The molecule has 8 heteroatoms. The molecule has 1 heterocycles. The van der Waals surface area contributed by atoms with E-state index in [1.165, 1.54) is 0 Å². The van der Waals surface area contributed by atoms with Crippen molar-refractivity contribution in [2.45, 2.75) is 0 Å². The first-order valence-corrected chi connectivity index (χ1v) is 8.55. The van der Waals surface area contributed by atoms with Gasteiger partial charge in [0.2, 0.25) is 5.95 Å². The Balaban J connectivity index is 0.00000225. The first-order chi connectivity index (χ1) is 11.5. The van der Waals surface area contributed by atoms with Crippen LogP contribution in [0.4, 0.5) is 11.6 Å². The normalized spacial score (nSPS) is 10.0. The molecular weight excluding hydrogens is 471 g/mol. The van der Waals surface area contributed by atoms with E-state index in [9.17, 15) is 4.79 Å². The maximum atomic E-state index is 12.4. The lowest BCUT2D eigenvalue weighted by molar-refractivity contribution is 0.102. The zero-order chi connectivity index (χ0) is 17.1. The number of halogens is 3. The van der Waals surface area contributed by atoms with Crippen molar-refractivity contribution in [3.05, 3.63) is 69.4 Å². The molecule has 0 fully saturated rings. The van der Waals surface area contributed by atoms with Crippen LogP contribution in [-0.4, -0.2) is 15.9 Å². The van der Waals surface area contributed by atoms with Crippen molar-refractivity contribution in [1.82, 2.24) is 9.97 Å². The molecule has 0 saturated carbocycles. The Morgan fingerprint density at radius 1 is 0.960 bits per heavy atom. The second kappa shape index (κ2) is 8.42. The van der Waals surface area contributed by atoms with Crippen LogP contribution in [0.25, 0.3) is 11.1 Å². The van der Waals surface area contributed by atoms with E-state index >= 15 is 0 Å². The number of aromatic nitrogens is 2. The van der Waals surface area contributed by atoms with E-state index in [0.29, 0.717) is 11.3 Å². The molecule has 0 bridgehead atoms. The lowest BCUT2D eigenvalue weighted by atomic mass is 10.1. The van der Waals surface area contributed by atoms with Crippen LogP contribution in [0.5, 0.6) is 0 Å². The number of nitrogens with two attached hydrogens (primary N) is 1. The topological polar surface area (TPSA) is 80.9 Å². The molecule has 0 aliphatic carbocycles. The van der Waals surface area contributed by atoms with Crippen LogP contribution in [0.15, 0.2) is 63.8 Å². The van der Waals surface area contributed by atoms with Crippen LogP contribution in [0.1, 0.15) is 10.4 Å². The molecule has 0 saturated heterocycles. The van der Waals surface area contributed by atoms with Crippen molar-refractivity contribution in [2.75, 3.05) is 11.1 Å². The summed E-state index contributed by atoms with van der Waals surface area (Å²) in [7, 11) is 0. The monoisotopic (exact) mass is 482 g/mol. The molecule has 1 amide bonds. The van der Waals surface area contributed by atoms with Gasteiger partial charge in [-0.25, -0.2) is 9.97 Å². The SMILES string of the molecule is Cl.Nc1ncc(-c2cccc(NC(=O)c3cc(Br)cc(Br)c3)c2)cn1. The summed E-state index contributed by atoms with van der Waals surface area (Å²) in [6, 6.07) is 12.9. The van der Waals surface area contributed by atoms with Gasteiger partial charge in [-0.1, -0.05) is 44.0 Å². The van der Waals surface area contributed by atoms with Crippen molar-refractivity contribution >= 4 is 61.8 Å². The zero-order valence-corrected chi connectivity index (χ0v) is 16.7. The predicted octanol–water partition coefficient (Wildman–Crippen LogP) is 4.92. The molecular formula is C17H13Br2ClN4O. The second-order valence-corrected chi connectivity index (χ2v) is 6.85. The minimum Gasteiger partial charge on any atom is -0.368 e. The average molecular weight is 485 g/mol. The first-order valence-electron chi connectivity index (χ1n) is 6.97. The highest BCUT2D eigenvalue weighted by Gasteiger charge is 2.09. The van der Waals surface area contributed by atoms with E-state index in [1.807, 2.05) is 30.3 Å². The standard InChI is InChI=1S/C17H12Br2N4O.ClH/c18-13-4-11(5-14(19)7-13)16(24)23-15-3-1-2-10(6-15)12-8-21-17(20)22-9-12;/h1-9H,(H,23,24)(H2,20,21,22);1H. The highest BCUT2D eigenvalue weighted by atomic mass is 79.9. The smallest absolute Gasteiger partial charge is 0.255 e. The molecule has 0 radical (unpaired) electrons. The Hall–Kier alpha value is -1.96. The molecule has 0 unspecified atom stereocenters. The summed E-state index contributed by atoms with van der Waals surface area (Å²) in [6.45, 7) is 0. The van der Waals surface area contributed by atoms with E-state index in [1.54, 1.807) is 24.5 Å². The largest absolute Gasteiger partial charge is 0.368 e. The molecule has 3 rings (SSSR count). The third-order valence-corrected chi connectivity index (χ3v) is 4.17. The summed E-state index contributed by atoms with van der Waals surface area (Å²) in [6.07, 6.45) is 3.30. The van der Waals surface area contributed by atoms with Crippen molar-refractivity contribution in [3.63, 3.8) is 0 Å². The van der Waals surface area contributed by atoms with Gasteiger partial charge in [0.1, 0.15) is 0 Å². The minimum atomic E-state index is -0.192. The number of benzene rings is 2.